The number of aromatic nitrogens is 1. The zero-order valence-electron chi connectivity index (χ0n) is 16.8. The number of fused-ring (bicyclic) bond motifs is 1. The van der Waals surface area contributed by atoms with Gasteiger partial charge in [0.2, 0.25) is 11.8 Å². The third-order valence-corrected chi connectivity index (χ3v) is 6.10. The van der Waals surface area contributed by atoms with Crippen molar-refractivity contribution >= 4 is 11.8 Å². The number of amides is 2. The van der Waals surface area contributed by atoms with E-state index < -0.39 is 5.60 Å². The van der Waals surface area contributed by atoms with Gasteiger partial charge in [0.25, 0.3) is 0 Å². The highest BCUT2D eigenvalue weighted by molar-refractivity contribution is 5.80. The van der Waals surface area contributed by atoms with Crippen LogP contribution in [0.3, 0.4) is 0 Å². The molecule has 6 nitrogen and oxygen atoms in total. The third-order valence-electron chi connectivity index (χ3n) is 6.10. The molecule has 0 unspecified atom stereocenters. The molecule has 0 bridgehead atoms. The first-order chi connectivity index (χ1) is 14.0. The Morgan fingerprint density at radius 2 is 2.00 bits per heavy atom. The Kier molecular flexibility index (Phi) is 5.62. The molecule has 152 valence electrons. The number of morpholine rings is 1. The van der Waals surface area contributed by atoms with Gasteiger partial charge in [-0.05, 0) is 37.0 Å². The summed E-state index contributed by atoms with van der Waals surface area (Å²) in [5.41, 5.74) is 1.73. The van der Waals surface area contributed by atoms with Crippen LogP contribution in [-0.2, 0) is 27.3 Å². The van der Waals surface area contributed by atoms with Crippen LogP contribution in [0, 0.1) is 0 Å². The number of benzene rings is 1. The Hall–Kier alpha value is -2.73. The van der Waals surface area contributed by atoms with E-state index in [1.54, 1.807) is 12.4 Å². The average molecular weight is 393 g/mol. The van der Waals surface area contributed by atoms with E-state index in [1.165, 1.54) is 0 Å². The summed E-state index contributed by atoms with van der Waals surface area (Å²) in [4.78, 5) is 33.4. The first kappa shape index (κ1) is 19.6. The van der Waals surface area contributed by atoms with E-state index in [9.17, 15) is 9.59 Å². The first-order valence-electron chi connectivity index (χ1n) is 10.2. The highest BCUT2D eigenvalue weighted by atomic mass is 16.5. The van der Waals surface area contributed by atoms with Gasteiger partial charge < -0.3 is 14.5 Å². The Morgan fingerprint density at radius 1 is 1.21 bits per heavy atom. The summed E-state index contributed by atoms with van der Waals surface area (Å²) in [6.07, 6.45) is 5.39. The fourth-order valence-corrected chi connectivity index (χ4v) is 4.26. The van der Waals surface area contributed by atoms with Gasteiger partial charge in [-0.15, -0.1) is 0 Å². The second kappa shape index (κ2) is 8.33. The van der Waals surface area contributed by atoms with Crippen molar-refractivity contribution in [1.82, 2.24) is 14.8 Å². The molecule has 2 aliphatic rings. The standard InChI is InChI=1S/C23H27N3O3/c1-23-11-13-25(21(27)10-9-18-8-5-12-24-14-18)16-20(23)26(22(28)17-29-23)15-19-6-3-2-4-7-19/h2-8,12,14,20H,9-11,13,15-17H2,1H3/t20-,23-/m1/s1. The van der Waals surface area contributed by atoms with Gasteiger partial charge >= 0.3 is 0 Å². The zero-order chi connectivity index (χ0) is 20.3. The Morgan fingerprint density at radius 3 is 2.76 bits per heavy atom. The lowest BCUT2D eigenvalue weighted by Gasteiger charge is -2.52. The minimum absolute atomic E-state index is 0.0130. The number of carbonyl (C=O) groups excluding carboxylic acids is 2. The lowest BCUT2D eigenvalue weighted by atomic mass is 9.85. The van der Waals surface area contributed by atoms with Gasteiger partial charge in [-0.3, -0.25) is 14.6 Å². The number of carbonyl (C=O) groups is 2. The van der Waals surface area contributed by atoms with Crippen molar-refractivity contribution in [2.45, 2.75) is 44.4 Å². The van der Waals surface area contributed by atoms with Gasteiger partial charge in [-0.25, -0.2) is 0 Å². The number of piperidine rings is 1. The van der Waals surface area contributed by atoms with Crippen LogP contribution in [0.4, 0.5) is 0 Å². The molecule has 2 saturated heterocycles. The lowest BCUT2D eigenvalue weighted by molar-refractivity contribution is -0.190. The SMILES string of the molecule is C[C@@]12CCN(C(=O)CCc3cccnc3)C[C@H]1N(Cc1ccccc1)C(=O)CO2. The maximum atomic E-state index is 12.9. The number of hydrogen-bond donors (Lipinski definition) is 0. The minimum Gasteiger partial charge on any atom is -0.363 e. The van der Waals surface area contributed by atoms with Crippen molar-refractivity contribution in [2.24, 2.45) is 0 Å². The molecule has 4 rings (SSSR count). The number of aryl methyl sites for hydroxylation is 1. The van der Waals surface area contributed by atoms with E-state index in [4.69, 9.17) is 4.74 Å². The van der Waals surface area contributed by atoms with Gasteiger partial charge in [-0.2, -0.15) is 0 Å². The van der Waals surface area contributed by atoms with Crippen molar-refractivity contribution in [2.75, 3.05) is 19.7 Å². The molecule has 2 fully saturated rings. The molecule has 1 aromatic heterocycles. The average Bonchev–Trinajstić information content (AvgIpc) is 2.76. The number of pyridine rings is 1. The van der Waals surface area contributed by atoms with E-state index in [0.717, 1.165) is 17.5 Å². The van der Waals surface area contributed by atoms with Crippen LogP contribution >= 0.6 is 0 Å². The lowest BCUT2D eigenvalue weighted by Crippen LogP contribution is -2.67. The van der Waals surface area contributed by atoms with E-state index in [1.807, 2.05) is 52.3 Å². The molecular formula is C23H27N3O3. The van der Waals surface area contributed by atoms with Crippen molar-refractivity contribution in [3.05, 3.63) is 66.0 Å². The van der Waals surface area contributed by atoms with Crippen LogP contribution in [-0.4, -0.2) is 57.9 Å². The summed E-state index contributed by atoms with van der Waals surface area (Å²) in [5.74, 6) is 0.106. The summed E-state index contributed by atoms with van der Waals surface area (Å²) in [7, 11) is 0. The van der Waals surface area contributed by atoms with Crippen LogP contribution in [0.2, 0.25) is 0 Å². The molecule has 3 heterocycles. The molecule has 0 N–H and O–H groups in total. The maximum absolute atomic E-state index is 12.9. The molecule has 1 aromatic carbocycles. The topological polar surface area (TPSA) is 62.7 Å². The number of nitrogens with zero attached hydrogens (tertiary/aromatic N) is 3. The molecular weight excluding hydrogens is 366 g/mol. The largest absolute Gasteiger partial charge is 0.363 e. The fraction of sp³-hybridized carbons (Fsp3) is 0.435. The predicted molar refractivity (Wildman–Crippen MR) is 109 cm³/mol. The molecule has 0 radical (unpaired) electrons. The number of likely N-dealkylation sites (tertiary alicyclic amines) is 1. The summed E-state index contributed by atoms with van der Waals surface area (Å²) in [6.45, 7) is 3.89. The molecule has 0 spiro atoms. The van der Waals surface area contributed by atoms with E-state index in [-0.39, 0.29) is 24.5 Å². The molecule has 2 aromatic rings. The third kappa shape index (κ3) is 4.32. The molecule has 2 aliphatic heterocycles. The van der Waals surface area contributed by atoms with E-state index in [2.05, 4.69) is 11.9 Å². The smallest absolute Gasteiger partial charge is 0.249 e. The molecule has 0 aliphatic carbocycles. The van der Waals surface area contributed by atoms with Gasteiger partial charge in [0.1, 0.15) is 6.61 Å². The normalized spacial score (nSPS) is 24.3. The van der Waals surface area contributed by atoms with Gasteiger partial charge in [-0.1, -0.05) is 36.4 Å². The molecule has 2 amide bonds. The van der Waals surface area contributed by atoms with E-state index >= 15 is 0 Å². The van der Waals surface area contributed by atoms with Crippen molar-refractivity contribution in [1.29, 1.82) is 0 Å². The Balaban J connectivity index is 1.45. The quantitative estimate of drug-likeness (QED) is 0.783. The second-order valence-electron chi connectivity index (χ2n) is 8.08. The maximum Gasteiger partial charge on any atom is 0.249 e. The molecule has 29 heavy (non-hydrogen) atoms. The van der Waals surface area contributed by atoms with Crippen LogP contribution in [0.5, 0.6) is 0 Å². The van der Waals surface area contributed by atoms with Crippen LogP contribution in [0.1, 0.15) is 30.9 Å². The summed E-state index contributed by atoms with van der Waals surface area (Å²) < 4.78 is 5.97. The van der Waals surface area contributed by atoms with Gasteiger partial charge in [0.15, 0.2) is 0 Å². The van der Waals surface area contributed by atoms with E-state index in [0.29, 0.717) is 32.5 Å². The highest BCUT2D eigenvalue weighted by Crippen LogP contribution is 2.34. The number of hydrogen-bond acceptors (Lipinski definition) is 4. The number of ether oxygens (including phenoxy) is 1. The zero-order valence-corrected chi connectivity index (χ0v) is 16.8. The van der Waals surface area contributed by atoms with Crippen LogP contribution in [0.25, 0.3) is 0 Å². The Bertz CT molecular complexity index is 858. The van der Waals surface area contributed by atoms with Crippen LogP contribution in [0.15, 0.2) is 54.9 Å². The summed E-state index contributed by atoms with van der Waals surface area (Å²) >= 11 is 0. The van der Waals surface area contributed by atoms with Crippen molar-refractivity contribution in [3.8, 4) is 0 Å². The van der Waals surface area contributed by atoms with Crippen LogP contribution < -0.4 is 0 Å². The van der Waals surface area contributed by atoms with Crippen molar-refractivity contribution < 1.29 is 14.3 Å². The first-order valence-corrected chi connectivity index (χ1v) is 10.2. The monoisotopic (exact) mass is 393 g/mol. The molecule has 6 heteroatoms. The van der Waals surface area contributed by atoms with Gasteiger partial charge in [0.05, 0.1) is 11.6 Å². The second-order valence-corrected chi connectivity index (χ2v) is 8.08. The predicted octanol–water partition coefficient (Wildman–Crippen LogP) is 2.43. The fourth-order valence-electron chi connectivity index (χ4n) is 4.26. The molecule has 2 atom stereocenters. The highest BCUT2D eigenvalue weighted by Gasteiger charge is 2.49. The van der Waals surface area contributed by atoms with Crippen molar-refractivity contribution in [3.63, 3.8) is 0 Å². The summed E-state index contributed by atoms with van der Waals surface area (Å²) in [5, 5.41) is 0. The number of rotatable bonds is 5. The summed E-state index contributed by atoms with van der Waals surface area (Å²) in [6, 6.07) is 13.7. The minimum atomic E-state index is -0.414. The van der Waals surface area contributed by atoms with Gasteiger partial charge in [0, 0.05) is 38.4 Å². The molecule has 0 saturated carbocycles. The Labute approximate surface area is 171 Å².